The van der Waals surface area contributed by atoms with Crippen LogP contribution >= 0.6 is 23.2 Å². The lowest BCUT2D eigenvalue weighted by Crippen LogP contribution is -2.36. The van der Waals surface area contributed by atoms with E-state index in [9.17, 15) is 14.7 Å². The summed E-state index contributed by atoms with van der Waals surface area (Å²) < 4.78 is 5.10. The molecule has 25 heavy (non-hydrogen) atoms. The summed E-state index contributed by atoms with van der Waals surface area (Å²) in [7, 11) is 0. The molecule has 0 saturated carbocycles. The number of aliphatic hydroxyl groups is 1. The third-order valence-electron chi connectivity index (χ3n) is 4.40. The van der Waals surface area contributed by atoms with Crippen LogP contribution < -0.4 is 0 Å². The van der Waals surface area contributed by atoms with Crippen molar-refractivity contribution in [3.05, 3.63) is 33.8 Å². The number of carboxylic acid groups (broad SMARTS) is 1. The predicted octanol–water partition coefficient (Wildman–Crippen LogP) is 4.01. The van der Waals surface area contributed by atoms with Gasteiger partial charge >= 0.3 is 11.9 Å². The Morgan fingerprint density at radius 2 is 1.96 bits per heavy atom. The molecule has 0 aliphatic carbocycles. The molecule has 138 valence electrons. The first kappa shape index (κ1) is 20.0. The number of carbonyl (C=O) groups is 2. The molecule has 7 heteroatoms. The van der Waals surface area contributed by atoms with Crippen LogP contribution in [0.25, 0.3) is 0 Å². The monoisotopic (exact) mass is 388 g/mol. The van der Waals surface area contributed by atoms with Crippen molar-refractivity contribution in [1.29, 1.82) is 0 Å². The molecule has 0 bridgehead atoms. The normalized spacial score (nSPS) is 22.8. The Hall–Kier alpha value is -1.30. The topological polar surface area (TPSA) is 83.8 Å². The van der Waals surface area contributed by atoms with Gasteiger partial charge in [-0.15, -0.1) is 0 Å². The van der Waals surface area contributed by atoms with E-state index in [1.165, 1.54) is 0 Å². The van der Waals surface area contributed by atoms with Gasteiger partial charge in [-0.2, -0.15) is 0 Å². The number of unbranched alkanes of at least 4 members (excludes halogenated alkanes) is 3. The summed E-state index contributed by atoms with van der Waals surface area (Å²) in [6, 6.07) is 5.51. The van der Waals surface area contributed by atoms with Crippen LogP contribution in [0.15, 0.2) is 18.2 Å². The quantitative estimate of drug-likeness (QED) is 0.493. The standard InChI is InChI=1S/C18H22Cl2O5/c19-13-8-7-12(15(20)9-13)5-3-1-2-4-6-14-10-18(24,11-16(21)22)17(23)25-14/h7-9,14,24H,1-6,10-11H2,(H,21,22)/t14-,18+/m0/s1. The number of benzene rings is 1. The van der Waals surface area contributed by atoms with Crippen molar-refractivity contribution in [2.45, 2.75) is 63.1 Å². The second-order valence-corrected chi connectivity index (χ2v) is 7.37. The van der Waals surface area contributed by atoms with Crippen LogP contribution in [0.5, 0.6) is 0 Å². The average Bonchev–Trinajstić information content (AvgIpc) is 2.78. The second kappa shape index (κ2) is 8.88. The fourth-order valence-corrected chi connectivity index (χ4v) is 3.59. The summed E-state index contributed by atoms with van der Waals surface area (Å²) in [6.45, 7) is 0. The first-order chi connectivity index (χ1) is 11.8. The molecule has 1 fully saturated rings. The molecule has 1 aromatic rings. The minimum atomic E-state index is -1.87. The van der Waals surface area contributed by atoms with Crippen molar-refractivity contribution in [2.24, 2.45) is 0 Å². The van der Waals surface area contributed by atoms with Gasteiger partial charge < -0.3 is 14.9 Å². The Balaban J connectivity index is 1.63. The van der Waals surface area contributed by atoms with Crippen molar-refractivity contribution in [3.63, 3.8) is 0 Å². The van der Waals surface area contributed by atoms with E-state index in [4.69, 9.17) is 33.0 Å². The molecule has 1 heterocycles. The number of aliphatic carboxylic acids is 1. The van der Waals surface area contributed by atoms with Gasteiger partial charge in [-0.25, -0.2) is 4.79 Å². The van der Waals surface area contributed by atoms with E-state index >= 15 is 0 Å². The Labute approximate surface area is 156 Å². The van der Waals surface area contributed by atoms with Crippen LogP contribution in [0.3, 0.4) is 0 Å². The molecule has 0 aromatic heterocycles. The lowest BCUT2D eigenvalue weighted by Gasteiger charge is -2.14. The highest BCUT2D eigenvalue weighted by Crippen LogP contribution is 2.31. The maximum atomic E-state index is 11.6. The van der Waals surface area contributed by atoms with Gasteiger partial charge in [0.05, 0.1) is 6.42 Å². The van der Waals surface area contributed by atoms with Crippen molar-refractivity contribution < 1.29 is 24.5 Å². The Kier molecular flexibility index (Phi) is 7.11. The summed E-state index contributed by atoms with van der Waals surface area (Å²) in [5.74, 6) is -2.03. The molecule has 2 atom stereocenters. The van der Waals surface area contributed by atoms with Gasteiger partial charge in [0.25, 0.3) is 0 Å². The van der Waals surface area contributed by atoms with Gasteiger partial charge in [0.2, 0.25) is 0 Å². The molecule has 0 amide bonds. The second-order valence-electron chi connectivity index (χ2n) is 6.52. The Bertz CT molecular complexity index is 634. The number of aryl methyl sites for hydroxylation is 1. The molecule has 0 unspecified atom stereocenters. The van der Waals surface area contributed by atoms with Gasteiger partial charge in [-0.05, 0) is 43.4 Å². The van der Waals surface area contributed by atoms with Crippen LogP contribution in [0.4, 0.5) is 0 Å². The third kappa shape index (κ3) is 5.87. The molecule has 1 aliphatic rings. The summed E-state index contributed by atoms with van der Waals surface area (Å²) >= 11 is 12.0. The van der Waals surface area contributed by atoms with Crippen LogP contribution in [-0.2, 0) is 20.7 Å². The number of halogens is 2. The average molecular weight is 389 g/mol. The minimum absolute atomic E-state index is 0.0541. The number of cyclic esters (lactones) is 1. The number of rotatable bonds is 9. The van der Waals surface area contributed by atoms with Gasteiger partial charge in [0.15, 0.2) is 5.60 Å². The maximum absolute atomic E-state index is 11.6. The van der Waals surface area contributed by atoms with Crippen LogP contribution in [0.2, 0.25) is 10.0 Å². The fraction of sp³-hybridized carbons (Fsp3) is 0.556. The number of esters is 1. The highest BCUT2D eigenvalue weighted by atomic mass is 35.5. The number of hydrogen-bond acceptors (Lipinski definition) is 4. The maximum Gasteiger partial charge on any atom is 0.339 e. The summed E-state index contributed by atoms with van der Waals surface area (Å²) in [5.41, 5.74) is -0.795. The van der Waals surface area contributed by atoms with E-state index in [0.29, 0.717) is 16.5 Å². The van der Waals surface area contributed by atoms with Crippen molar-refractivity contribution in [1.82, 2.24) is 0 Å². The van der Waals surface area contributed by atoms with E-state index in [-0.39, 0.29) is 6.42 Å². The predicted molar refractivity (Wildman–Crippen MR) is 95.0 cm³/mol. The molecule has 1 aliphatic heterocycles. The van der Waals surface area contributed by atoms with E-state index in [1.807, 2.05) is 12.1 Å². The SMILES string of the molecule is O=C(O)C[C@]1(O)C[C@H](CCCCCCc2ccc(Cl)cc2Cl)OC1=O. The first-order valence-electron chi connectivity index (χ1n) is 8.39. The number of carboxylic acids is 1. The van der Waals surface area contributed by atoms with Gasteiger partial charge in [0, 0.05) is 16.5 Å². The van der Waals surface area contributed by atoms with E-state index in [1.54, 1.807) is 6.07 Å². The molecule has 0 spiro atoms. The molecular formula is C18H22Cl2O5. The Morgan fingerprint density at radius 3 is 2.64 bits per heavy atom. The lowest BCUT2D eigenvalue weighted by molar-refractivity contribution is -0.160. The summed E-state index contributed by atoms with van der Waals surface area (Å²) in [6.07, 6.45) is 4.40. The van der Waals surface area contributed by atoms with Crippen molar-refractivity contribution in [3.8, 4) is 0 Å². The molecule has 1 aromatic carbocycles. The molecular weight excluding hydrogens is 367 g/mol. The zero-order valence-electron chi connectivity index (χ0n) is 13.8. The Morgan fingerprint density at radius 1 is 1.24 bits per heavy atom. The largest absolute Gasteiger partial charge is 0.481 e. The molecule has 1 saturated heterocycles. The fourth-order valence-electron chi connectivity index (χ4n) is 3.08. The number of ether oxygens (including phenoxy) is 1. The third-order valence-corrected chi connectivity index (χ3v) is 4.99. The minimum Gasteiger partial charge on any atom is -0.481 e. The van der Waals surface area contributed by atoms with E-state index in [0.717, 1.165) is 37.7 Å². The first-order valence-corrected chi connectivity index (χ1v) is 9.15. The van der Waals surface area contributed by atoms with Crippen LogP contribution in [0.1, 0.15) is 50.5 Å². The zero-order chi connectivity index (χ0) is 18.4. The summed E-state index contributed by atoms with van der Waals surface area (Å²) in [4.78, 5) is 22.4. The highest BCUT2D eigenvalue weighted by molar-refractivity contribution is 6.35. The van der Waals surface area contributed by atoms with Gasteiger partial charge in [0.1, 0.15) is 6.10 Å². The van der Waals surface area contributed by atoms with Crippen LogP contribution in [-0.4, -0.2) is 33.9 Å². The van der Waals surface area contributed by atoms with Gasteiger partial charge in [-0.1, -0.05) is 42.1 Å². The van der Waals surface area contributed by atoms with Crippen molar-refractivity contribution >= 4 is 35.1 Å². The molecule has 5 nitrogen and oxygen atoms in total. The highest BCUT2D eigenvalue weighted by Gasteiger charge is 2.48. The smallest absolute Gasteiger partial charge is 0.339 e. The van der Waals surface area contributed by atoms with E-state index < -0.39 is 30.1 Å². The molecule has 0 radical (unpaired) electrons. The van der Waals surface area contributed by atoms with Gasteiger partial charge in [-0.3, -0.25) is 4.79 Å². The van der Waals surface area contributed by atoms with Crippen LogP contribution in [0, 0.1) is 0 Å². The number of carbonyl (C=O) groups excluding carboxylic acids is 1. The number of hydrogen-bond donors (Lipinski definition) is 2. The van der Waals surface area contributed by atoms with Crippen molar-refractivity contribution in [2.75, 3.05) is 0 Å². The molecule has 2 rings (SSSR count). The lowest BCUT2D eigenvalue weighted by atomic mass is 9.93. The molecule has 2 N–H and O–H groups in total. The van der Waals surface area contributed by atoms with E-state index in [2.05, 4.69) is 0 Å². The summed E-state index contributed by atoms with van der Waals surface area (Å²) in [5, 5.41) is 20.1. The zero-order valence-corrected chi connectivity index (χ0v) is 15.4.